The van der Waals surface area contributed by atoms with Crippen LogP contribution < -0.4 is 5.32 Å². The predicted molar refractivity (Wildman–Crippen MR) is 106 cm³/mol. The predicted octanol–water partition coefficient (Wildman–Crippen LogP) is 6.19. The number of hydrogen-bond acceptors (Lipinski definition) is 2. The summed E-state index contributed by atoms with van der Waals surface area (Å²) in [5.41, 5.74) is 3.17. The highest BCUT2D eigenvalue weighted by molar-refractivity contribution is 6.08. The summed E-state index contributed by atoms with van der Waals surface area (Å²) in [6, 6.07) is 21.7. The molecule has 1 aromatic heterocycles. The molecule has 1 N–H and O–H groups in total. The molecule has 4 aromatic rings. The lowest BCUT2D eigenvalue weighted by Crippen LogP contribution is -2.02. The van der Waals surface area contributed by atoms with Crippen molar-refractivity contribution in [2.24, 2.45) is 0 Å². The van der Waals surface area contributed by atoms with Gasteiger partial charge in [-0.15, -0.1) is 0 Å². The van der Waals surface area contributed by atoms with E-state index in [0.29, 0.717) is 0 Å². The summed E-state index contributed by atoms with van der Waals surface area (Å²) in [5.74, 6) is 0.806. The molecule has 0 fully saturated rings. The molecule has 0 saturated heterocycles. The zero-order valence-electron chi connectivity index (χ0n) is 14.6. The third-order valence-electron chi connectivity index (χ3n) is 5.03. The Hall–Kier alpha value is -2.74. The number of benzene rings is 3. The van der Waals surface area contributed by atoms with E-state index < -0.39 is 0 Å². The van der Waals surface area contributed by atoms with Gasteiger partial charge < -0.3 is 9.73 Å². The normalized spacial score (nSPS) is 13.2. The van der Waals surface area contributed by atoms with Gasteiger partial charge in [-0.2, -0.15) is 0 Å². The van der Waals surface area contributed by atoms with Crippen LogP contribution in [0.3, 0.4) is 0 Å². The van der Waals surface area contributed by atoms with Gasteiger partial charge in [-0.05, 0) is 64.4 Å². The molecular weight excluding hydrogens is 306 g/mol. The van der Waals surface area contributed by atoms with Crippen LogP contribution >= 0.6 is 0 Å². The molecule has 0 saturated carbocycles. The Bertz CT molecular complexity index is 986. The molecule has 5 rings (SSSR count). The van der Waals surface area contributed by atoms with Crippen LogP contribution in [0, 0.1) is 0 Å². The van der Waals surface area contributed by atoms with Crippen molar-refractivity contribution >= 4 is 27.4 Å². The van der Waals surface area contributed by atoms with E-state index in [1.807, 2.05) is 19.2 Å². The lowest BCUT2D eigenvalue weighted by molar-refractivity contribution is 0.583. The third-order valence-corrected chi connectivity index (χ3v) is 5.03. The summed E-state index contributed by atoms with van der Waals surface area (Å²) in [5, 5.41) is 8.48. The number of nitrogens with one attached hydrogen (secondary N) is 1. The van der Waals surface area contributed by atoms with E-state index in [0.717, 1.165) is 5.88 Å². The Balaban J connectivity index is 0.000000190. The van der Waals surface area contributed by atoms with Crippen LogP contribution in [0.1, 0.15) is 24.0 Å². The maximum Gasteiger partial charge on any atom is 0.192 e. The second-order valence-electron chi connectivity index (χ2n) is 6.52. The minimum atomic E-state index is 0.806. The van der Waals surface area contributed by atoms with E-state index in [2.05, 4.69) is 53.8 Å². The van der Waals surface area contributed by atoms with Crippen LogP contribution in [0.15, 0.2) is 71.3 Å². The van der Waals surface area contributed by atoms with Crippen LogP contribution in [0.25, 0.3) is 21.5 Å². The van der Waals surface area contributed by atoms with Gasteiger partial charge in [-0.3, -0.25) is 0 Å². The summed E-state index contributed by atoms with van der Waals surface area (Å²) in [7, 11) is 1.82. The van der Waals surface area contributed by atoms with Gasteiger partial charge in [0.15, 0.2) is 5.88 Å². The molecule has 2 nitrogen and oxygen atoms in total. The first-order chi connectivity index (χ1) is 12.4. The average molecular weight is 329 g/mol. The summed E-state index contributed by atoms with van der Waals surface area (Å²) < 4.78 is 4.87. The first-order valence-corrected chi connectivity index (χ1v) is 9.00. The van der Waals surface area contributed by atoms with Gasteiger partial charge in [0.25, 0.3) is 0 Å². The topological polar surface area (TPSA) is 25.2 Å². The monoisotopic (exact) mass is 329 g/mol. The van der Waals surface area contributed by atoms with E-state index in [1.54, 1.807) is 17.4 Å². The van der Waals surface area contributed by atoms with Crippen LogP contribution in [0.4, 0.5) is 5.88 Å². The zero-order valence-corrected chi connectivity index (χ0v) is 14.6. The minimum absolute atomic E-state index is 0.806. The molecule has 3 aromatic carbocycles. The fourth-order valence-corrected chi connectivity index (χ4v) is 3.76. The van der Waals surface area contributed by atoms with Gasteiger partial charge >= 0.3 is 0 Å². The van der Waals surface area contributed by atoms with E-state index in [9.17, 15) is 0 Å². The van der Waals surface area contributed by atoms with Crippen LogP contribution in [-0.2, 0) is 12.8 Å². The number of aryl methyl sites for hydroxylation is 2. The van der Waals surface area contributed by atoms with Gasteiger partial charge in [0.2, 0.25) is 0 Å². The van der Waals surface area contributed by atoms with Crippen molar-refractivity contribution in [1.82, 2.24) is 0 Å². The molecule has 0 unspecified atom stereocenters. The molecule has 0 aliphatic heterocycles. The molecule has 1 heterocycles. The molecule has 126 valence electrons. The number of rotatable bonds is 1. The van der Waals surface area contributed by atoms with E-state index >= 15 is 0 Å². The molecule has 25 heavy (non-hydrogen) atoms. The van der Waals surface area contributed by atoms with Crippen molar-refractivity contribution < 1.29 is 4.42 Å². The van der Waals surface area contributed by atoms with Crippen LogP contribution in [0.5, 0.6) is 0 Å². The zero-order chi connectivity index (χ0) is 17.1. The Kier molecular flexibility index (Phi) is 4.43. The standard InChI is InChI=1S/C18H16.C5H7NO/c1-3-7-15-13(5-1)9-11-18-16-8-4-2-6-14(16)10-12-17(15)18;1-6-5-3-2-4-7-5/h1,3,5,7,9-12H,2,4,6,8H2;2-4,6H,1H3. The van der Waals surface area contributed by atoms with Gasteiger partial charge in [0.05, 0.1) is 6.26 Å². The van der Waals surface area contributed by atoms with Gasteiger partial charge in [0, 0.05) is 13.1 Å². The van der Waals surface area contributed by atoms with E-state index in [-0.39, 0.29) is 0 Å². The summed E-state index contributed by atoms with van der Waals surface area (Å²) in [6.45, 7) is 0. The van der Waals surface area contributed by atoms with Crippen LogP contribution in [-0.4, -0.2) is 7.05 Å². The molecule has 0 atom stereocenters. The van der Waals surface area contributed by atoms with E-state index in [4.69, 9.17) is 4.42 Å². The molecule has 0 radical (unpaired) electrons. The van der Waals surface area contributed by atoms with Gasteiger partial charge in [0.1, 0.15) is 0 Å². The lowest BCUT2D eigenvalue weighted by atomic mass is 9.86. The summed E-state index contributed by atoms with van der Waals surface area (Å²) in [6.07, 6.45) is 6.85. The fraction of sp³-hybridized carbons (Fsp3) is 0.217. The first-order valence-electron chi connectivity index (χ1n) is 9.00. The van der Waals surface area contributed by atoms with E-state index in [1.165, 1.54) is 47.2 Å². The lowest BCUT2D eigenvalue weighted by Gasteiger charge is -2.18. The van der Waals surface area contributed by atoms with Crippen molar-refractivity contribution in [3.05, 3.63) is 78.1 Å². The molecule has 0 spiro atoms. The molecule has 2 heteroatoms. The number of hydrogen-bond donors (Lipinski definition) is 1. The Morgan fingerprint density at radius 1 is 0.760 bits per heavy atom. The van der Waals surface area contributed by atoms with Gasteiger partial charge in [-0.1, -0.05) is 48.5 Å². The Morgan fingerprint density at radius 3 is 2.40 bits per heavy atom. The quantitative estimate of drug-likeness (QED) is 0.421. The Morgan fingerprint density at radius 2 is 1.60 bits per heavy atom. The molecule has 1 aliphatic rings. The molecular formula is C23H23NO. The average Bonchev–Trinajstić information content (AvgIpc) is 3.22. The van der Waals surface area contributed by atoms with Crippen molar-refractivity contribution in [2.45, 2.75) is 25.7 Å². The summed E-state index contributed by atoms with van der Waals surface area (Å²) >= 11 is 0. The second kappa shape index (κ2) is 7.02. The third kappa shape index (κ3) is 3.12. The largest absolute Gasteiger partial charge is 0.449 e. The number of fused-ring (bicyclic) bond motifs is 5. The molecule has 0 bridgehead atoms. The summed E-state index contributed by atoms with van der Waals surface area (Å²) in [4.78, 5) is 0. The minimum Gasteiger partial charge on any atom is -0.449 e. The molecule has 0 amide bonds. The highest BCUT2D eigenvalue weighted by Crippen LogP contribution is 2.33. The van der Waals surface area contributed by atoms with Crippen LogP contribution in [0.2, 0.25) is 0 Å². The smallest absolute Gasteiger partial charge is 0.192 e. The van der Waals surface area contributed by atoms with Crippen molar-refractivity contribution in [1.29, 1.82) is 0 Å². The highest BCUT2D eigenvalue weighted by Gasteiger charge is 2.13. The fourth-order valence-electron chi connectivity index (χ4n) is 3.76. The maximum absolute atomic E-state index is 4.87. The van der Waals surface area contributed by atoms with Crippen molar-refractivity contribution in [3.63, 3.8) is 0 Å². The number of anilines is 1. The SMILES string of the molecule is CNc1ccco1.c1ccc2c(c1)ccc1c3c(ccc12)CCCC3. The van der Waals surface area contributed by atoms with Gasteiger partial charge in [-0.25, -0.2) is 0 Å². The number of furan rings is 1. The first kappa shape index (κ1) is 15.8. The Labute approximate surface area is 148 Å². The highest BCUT2D eigenvalue weighted by atomic mass is 16.3. The van der Waals surface area contributed by atoms with Crippen molar-refractivity contribution in [2.75, 3.05) is 12.4 Å². The molecule has 1 aliphatic carbocycles. The second-order valence-corrected chi connectivity index (χ2v) is 6.52. The van der Waals surface area contributed by atoms with Crippen molar-refractivity contribution in [3.8, 4) is 0 Å². The maximum atomic E-state index is 4.87.